The fourth-order valence-corrected chi connectivity index (χ4v) is 8.06. The maximum absolute atomic E-state index is 15.1. The molecule has 3 atom stereocenters. The highest BCUT2D eigenvalue weighted by Gasteiger charge is 2.38. The normalized spacial score (nSPS) is 17.6. The number of alkyl halides is 3. The Labute approximate surface area is 289 Å². The van der Waals surface area contributed by atoms with Gasteiger partial charge in [0.05, 0.1) is 23.0 Å². The molecule has 3 aromatic carbocycles. The lowest BCUT2D eigenvalue weighted by molar-refractivity contribution is -0.274. The minimum Gasteiger partial charge on any atom is -0.406 e. The summed E-state index contributed by atoms with van der Waals surface area (Å²) in [5.74, 6) is -5.10. The summed E-state index contributed by atoms with van der Waals surface area (Å²) in [6.07, 6.45) is -2.50. The summed E-state index contributed by atoms with van der Waals surface area (Å²) in [5, 5.41) is 5.79. The third-order valence-electron chi connectivity index (χ3n) is 8.44. The number of piperazine rings is 1. The number of rotatable bonds is 12. The molecule has 0 aliphatic carbocycles. The second-order valence-electron chi connectivity index (χ2n) is 12.1. The molecule has 0 saturated carbocycles. The molecule has 2 heterocycles. The van der Waals surface area contributed by atoms with Gasteiger partial charge >= 0.3 is 6.36 Å². The minimum atomic E-state index is -4.94. The van der Waals surface area contributed by atoms with E-state index in [1.54, 1.807) is 6.92 Å². The highest BCUT2D eigenvalue weighted by Crippen LogP contribution is 2.32. The van der Waals surface area contributed by atoms with E-state index in [1.165, 1.54) is 22.6 Å². The molecule has 0 bridgehead atoms. The first-order chi connectivity index (χ1) is 24.1. The molecule has 16 heteroatoms. The Hall–Kier alpha value is -4.54. The molecule has 0 radical (unpaired) electrons. The van der Waals surface area contributed by atoms with Crippen LogP contribution in [0, 0.1) is 23.3 Å². The average Bonchev–Trinajstić information content (AvgIpc) is 3.04. The number of pyridine rings is 1. The zero-order chi connectivity index (χ0) is 36.9. The molecule has 1 aliphatic heterocycles. The summed E-state index contributed by atoms with van der Waals surface area (Å²) in [6, 6.07) is 10.7. The van der Waals surface area contributed by atoms with Crippen molar-refractivity contribution in [2.45, 2.75) is 61.9 Å². The van der Waals surface area contributed by atoms with Gasteiger partial charge in [-0.1, -0.05) is 12.1 Å². The lowest BCUT2D eigenvalue weighted by Crippen LogP contribution is -2.58. The van der Waals surface area contributed by atoms with Crippen LogP contribution in [0.25, 0.3) is 0 Å². The van der Waals surface area contributed by atoms with Crippen LogP contribution in [0.4, 0.5) is 36.4 Å². The predicted octanol–water partition coefficient (Wildman–Crippen LogP) is 7.07. The quantitative estimate of drug-likeness (QED) is 0.151. The molecule has 1 aromatic heterocycles. The molecule has 5 rings (SSSR count). The number of amides is 1. The number of nitrogens with one attached hydrogen (secondary N) is 2. The monoisotopic (exact) mass is 738 g/mol. The zero-order valence-corrected chi connectivity index (χ0v) is 27.9. The summed E-state index contributed by atoms with van der Waals surface area (Å²) in [5.41, 5.74) is 0.686. The fraction of sp³-hybridized carbons (Fsp3) is 0.314. The Balaban J connectivity index is 1.29. The van der Waals surface area contributed by atoms with E-state index in [0.717, 1.165) is 54.7 Å². The van der Waals surface area contributed by atoms with E-state index < -0.39 is 69.3 Å². The van der Waals surface area contributed by atoms with Crippen molar-refractivity contribution in [1.29, 1.82) is 0 Å². The molecule has 1 saturated heterocycles. The van der Waals surface area contributed by atoms with Crippen LogP contribution in [0.2, 0.25) is 0 Å². The Morgan fingerprint density at radius 2 is 1.61 bits per heavy atom. The van der Waals surface area contributed by atoms with Gasteiger partial charge in [-0.3, -0.25) is 9.78 Å². The molecule has 8 nitrogen and oxygen atoms in total. The second kappa shape index (κ2) is 15.8. The number of benzene rings is 3. The van der Waals surface area contributed by atoms with Gasteiger partial charge in [0, 0.05) is 49.1 Å². The molecule has 51 heavy (non-hydrogen) atoms. The van der Waals surface area contributed by atoms with Crippen LogP contribution < -0.4 is 15.4 Å². The molecular weight excluding hydrogens is 705 g/mol. The number of hydrogen-bond acceptors (Lipinski definition) is 6. The summed E-state index contributed by atoms with van der Waals surface area (Å²) in [4.78, 5) is 17.0. The topological polar surface area (TPSA) is 101 Å². The first-order valence-electron chi connectivity index (χ1n) is 15.8. The third-order valence-corrected chi connectivity index (χ3v) is 10.5. The molecule has 2 N–H and O–H groups in total. The smallest absolute Gasteiger partial charge is 0.406 e. The van der Waals surface area contributed by atoms with Gasteiger partial charge in [-0.05, 0) is 85.8 Å². The molecule has 4 aromatic rings. The van der Waals surface area contributed by atoms with Crippen molar-refractivity contribution in [1.82, 2.24) is 14.6 Å². The SMILES string of the molecule is CC1CNCC(CCCc2c(F)cncc2NC(=O)CC(c2ccc(F)cc2)c2cc(F)cc(F)c2)N1S(=O)(=O)c1ccc(OC(F)(F)F)cc1. The predicted molar refractivity (Wildman–Crippen MR) is 173 cm³/mol. The standard InChI is InChI=1S/C35H33F7N4O4S/c1-21-17-43-18-27(46(21)51(48,49)29-11-9-28(10-12-29)50-35(40,41)42)3-2-4-30-32(39)19-44-20-33(30)45-34(47)16-31(22-5-7-24(36)8-6-22)23-13-25(37)15-26(38)14-23/h5-15,19-21,27,31,43H,2-4,16-18H2,1H3,(H,45,47). The van der Waals surface area contributed by atoms with Crippen molar-refractivity contribution in [3.8, 4) is 5.75 Å². The van der Waals surface area contributed by atoms with Crippen molar-refractivity contribution in [3.05, 3.63) is 119 Å². The molecule has 272 valence electrons. The third kappa shape index (κ3) is 9.62. The van der Waals surface area contributed by atoms with Gasteiger partial charge in [0.25, 0.3) is 0 Å². The van der Waals surface area contributed by atoms with E-state index in [2.05, 4.69) is 20.4 Å². The van der Waals surface area contributed by atoms with Crippen molar-refractivity contribution in [3.63, 3.8) is 0 Å². The van der Waals surface area contributed by atoms with Crippen molar-refractivity contribution in [2.24, 2.45) is 0 Å². The Bertz CT molecular complexity index is 1930. The molecule has 1 fully saturated rings. The molecule has 3 unspecified atom stereocenters. The maximum atomic E-state index is 15.1. The summed E-state index contributed by atoms with van der Waals surface area (Å²) >= 11 is 0. The first kappa shape index (κ1) is 37.7. The minimum absolute atomic E-state index is 0.0454. The Morgan fingerprint density at radius 3 is 2.25 bits per heavy atom. The van der Waals surface area contributed by atoms with Crippen LogP contribution in [0.3, 0.4) is 0 Å². The highest BCUT2D eigenvalue weighted by molar-refractivity contribution is 7.89. The molecular formula is C35H33F7N4O4S. The Kier molecular flexibility index (Phi) is 11.7. The highest BCUT2D eigenvalue weighted by atomic mass is 32.2. The van der Waals surface area contributed by atoms with Crippen LogP contribution in [0.5, 0.6) is 5.75 Å². The van der Waals surface area contributed by atoms with Crippen molar-refractivity contribution >= 4 is 21.6 Å². The number of halogens is 7. The van der Waals surface area contributed by atoms with Crippen molar-refractivity contribution < 1.29 is 48.7 Å². The number of carbonyl (C=O) groups excluding carboxylic acids is 1. The molecule has 1 aliphatic rings. The first-order valence-corrected chi connectivity index (χ1v) is 17.3. The summed E-state index contributed by atoms with van der Waals surface area (Å²) < 4.78 is 127. The van der Waals surface area contributed by atoms with Gasteiger partial charge in [-0.25, -0.2) is 26.0 Å². The average molecular weight is 739 g/mol. The number of aromatic nitrogens is 1. The second-order valence-corrected chi connectivity index (χ2v) is 14.0. The van der Waals surface area contributed by atoms with E-state index in [1.807, 2.05) is 0 Å². The number of anilines is 1. The number of nitrogens with zero attached hydrogens (tertiary/aromatic N) is 2. The van der Waals surface area contributed by atoms with Gasteiger partial charge in [0.1, 0.15) is 29.0 Å². The van der Waals surface area contributed by atoms with Gasteiger partial charge in [-0.2, -0.15) is 4.31 Å². The van der Waals surface area contributed by atoms with E-state index in [9.17, 15) is 39.6 Å². The molecule has 0 spiro atoms. The van der Waals surface area contributed by atoms with Crippen LogP contribution >= 0.6 is 0 Å². The van der Waals surface area contributed by atoms with E-state index in [-0.39, 0.29) is 53.9 Å². The van der Waals surface area contributed by atoms with Crippen molar-refractivity contribution in [2.75, 3.05) is 18.4 Å². The van der Waals surface area contributed by atoms with Gasteiger partial charge < -0.3 is 15.4 Å². The maximum Gasteiger partial charge on any atom is 0.573 e. The zero-order valence-electron chi connectivity index (χ0n) is 27.1. The van der Waals surface area contributed by atoms with Gasteiger partial charge in [-0.15, -0.1) is 13.2 Å². The Morgan fingerprint density at radius 1 is 0.941 bits per heavy atom. The lowest BCUT2D eigenvalue weighted by atomic mass is 9.88. The summed E-state index contributed by atoms with van der Waals surface area (Å²) in [6.45, 7) is 2.26. The van der Waals surface area contributed by atoms with E-state index >= 15 is 4.39 Å². The number of ether oxygens (including phenoxy) is 1. The van der Waals surface area contributed by atoms with Crippen LogP contribution in [-0.2, 0) is 21.2 Å². The van der Waals surface area contributed by atoms with Crippen LogP contribution in [-0.4, -0.2) is 55.1 Å². The summed E-state index contributed by atoms with van der Waals surface area (Å²) in [7, 11) is -4.17. The van der Waals surface area contributed by atoms with Crippen LogP contribution in [0.1, 0.15) is 48.8 Å². The largest absolute Gasteiger partial charge is 0.573 e. The lowest BCUT2D eigenvalue weighted by Gasteiger charge is -2.40. The fourth-order valence-electron chi connectivity index (χ4n) is 6.22. The molecule has 1 amide bonds. The van der Waals surface area contributed by atoms with E-state index in [4.69, 9.17) is 0 Å². The van der Waals surface area contributed by atoms with Gasteiger partial charge in [0.15, 0.2) is 0 Å². The van der Waals surface area contributed by atoms with E-state index in [0.29, 0.717) is 18.2 Å². The van der Waals surface area contributed by atoms with Gasteiger partial charge in [0.2, 0.25) is 15.9 Å². The number of sulfonamides is 1. The number of hydrogen-bond donors (Lipinski definition) is 2. The number of carbonyl (C=O) groups is 1. The van der Waals surface area contributed by atoms with Crippen LogP contribution in [0.15, 0.2) is 84.0 Å².